The highest BCUT2D eigenvalue weighted by Gasteiger charge is 2.22. The van der Waals surface area contributed by atoms with Crippen LogP contribution in [0.25, 0.3) is 0 Å². The van der Waals surface area contributed by atoms with E-state index in [9.17, 15) is 4.79 Å². The van der Waals surface area contributed by atoms with E-state index in [1.807, 2.05) is 0 Å². The maximum atomic E-state index is 12.3. The molecule has 1 heterocycles. The molecule has 3 rings (SSSR count). The molecule has 1 saturated heterocycles. The first kappa shape index (κ1) is 21.9. The van der Waals surface area contributed by atoms with Crippen LogP contribution in [0.4, 0.5) is 0 Å². The van der Waals surface area contributed by atoms with Gasteiger partial charge in [-0.05, 0) is 17.9 Å². The van der Waals surface area contributed by atoms with Gasteiger partial charge in [-0.3, -0.25) is 9.69 Å². The van der Waals surface area contributed by atoms with Gasteiger partial charge in [0.15, 0.2) is 0 Å². The number of benzene rings is 1. The molecular weight excluding hydrogens is 360 g/mol. The summed E-state index contributed by atoms with van der Waals surface area (Å²) in [5, 5.41) is 14.8. The number of hydrogen-bond donors (Lipinski definition) is 2. The van der Waals surface area contributed by atoms with Crippen LogP contribution < -0.4 is 0 Å². The molecule has 7 nitrogen and oxygen atoms in total. The van der Waals surface area contributed by atoms with E-state index >= 15 is 0 Å². The fourth-order valence-corrected chi connectivity index (χ4v) is 3.78. The van der Waals surface area contributed by atoms with Crippen molar-refractivity contribution in [3.8, 4) is 0 Å². The molecule has 1 amide bonds. The predicted octanol–water partition coefficient (Wildman–Crippen LogP) is 2.46. The first-order chi connectivity index (χ1) is 13.5. The van der Waals surface area contributed by atoms with Crippen LogP contribution in [0.15, 0.2) is 30.3 Å². The molecule has 0 atom stereocenters. The standard InChI is InChI=1S/C19H28N2O.C2H2O4/c22-19(11-10-17-6-4-5-7-17)21-14-12-20(13-15-21)16-18-8-2-1-3-9-18;3-1(4)2(5)6/h1-3,8-9,17H,4-7,10-16H2;(H,3,4)(H,5,6). The molecule has 2 N–H and O–H groups in total. The first-order valence-corrected chi connectivity index (χ1v) is 9.96. The van der Waals surface area contributed by atoms with Gasteiger partial charge in [0.05, 0.1) is 0 Å². The minimum Gasteiger partial charge on any atom is -0.473 e. The van der Waals surface area contributed by atoms with Crippen LogP contribution >= 0.6 is 0 Å². The Balaban J connectivity index is 0.000000409. The van der Waals surface area contributed by atoms with E-state index in [4.69, 9.17) is 19.8 Å². The van der Waals surface area contributed by atoms with E-state index in [1.54, 1.807) is 0 Å². The molecule has 0 aromatic heterocycles. The van der Waals surface area contributed by atoms with Crippen molar-refractivity contribution >= 4 is 17.8 Å². The molecule has 1 aromatic rings. The van der Waals surface area contributed by atoms with E-state index < -0.39 is 11.9 Å². The van der Waals surface area contributed by atoms with Crippen LogP contribution in [0, 0.1) is 5.92 Å². The molecular formula is C21H30N2O5. The summed E-state index contributed by atoms with van der Waals surface area (Å²) in [6.07, 6.45) is 7.32. The zero-order valence-electron chi connectivity index (χ0n) is 16.3. The monoisotopic (exact) mass is 390 g/mol. The largest absolute Gasteiger partial charge is 0.473 e. The van der Waals surface area contributed by atoms with Gasteiger partial charge in [-0.25, -0.2) is 9.59 Å². The van der Waals surface area contributed by atoms with Crippen molar-refractivity contribution < 1.29 is 24.6 Å². The van der Waals surface area contributed by atoms with Crippen LogP contribution in [0.1, 0.15) is 44.1 Å². The lowest BCUT2D eigenvalue weighted by Gasteiger charge is -2.35. The van der Waals surface area contributed by atoms with Crippen LogP contribution in [-0.4, -0.2) is 64.0 Å². The molecule has 154 valence electrons. The van der Waals surface area contributed by atoms with E-state index in [0.29, 0.717) is 5.91 Å². The number of amides is 1. The van der Waals surface area contributed by atoms with Gasteiger partial charge in [0.1, 0.15) is 0 Å². The summed E-state index contributed by atoms with van der Waals surface area (Å²) in [6.45, 7) is 4.81. The number of carbonyl (C=O) groups is 3. The van der Waals surface area contributed by atoms with Crippen LogP contribution in [0.2, 0.25) is 0 Å². The van der Waals surface area contributed by atoms with Gasteiger partial charge in [-0.1, -0.05) is 56.0 Å². The lowest BCUT2D eigenvalue weighted by molar-refractivity contribution is -0.159. The number of rotatable bonds is 5. The van der Waals surface area contributed by atoms with Crippen molar-refractivity contribution in [1.29, 1.82) is 0 Å². The van der Waals surface area contributed by atoms with E-state index in [0.717, 1.165) is 51.5 Å². The third-order valence-corrected chi connectivity index (χ3v) is 5.40. The summed E-state index contributed by atoms with van der Waals surface area (Å²) >= 11 is 0. The quantitative estimate of drug-likeness (QED) is 0.750. The second kappa shape index (κ2) is 11.4. The molecule has 1 aliphatic heterocycles. The highest BCUT2D eigenvalue weighted by molar-refractivity contribution is 6.27. The fraction of sp³-hybridized carbons (Fsp3) is 0.571. The average molecular weight is 390 g/mol. The zero-order chi connectivity index (χ0) is 20.4. The summed E-state index contributed by atoms with van der Waals surface area (Å²) in [6, 6.07) is 10.6. The minimum absolute atomic E-state index is 0.381. The smallest absolute Gasteiger partial charge is 0.414 e. The average Bonchev–Trinajstić information content (AvgIpc) is 3.21. The van der Waals surface area contributed by atoms with Crippen molar-refractivity contribution in [2.75, 3.05) is 26.2 Å². The number of nitrogens with zero attached hydrogens (tertiary/aromatic N) is 2. The van der Waals surface area contributed by atoms with Gasteiger partial charge in [-0.2, -0.15) is 0 Å². The van der Waals surface area contributed by atoms with E-state index in [2.05, 4.69) is 40.1 Å². The Morgan fingerprint density at radius 2 is 1.46 bits per heavy atom. The van der Waals surface area contributed by atoms with Gasteiger partial charge in [-0.15, -0.1) is 0 Å². The summed E-state index contributed by atoms with van der Waals surface area (Å²) in [7, 11) is 0. The van der Waals surface area contributed by atoms with Gasteiger partial charge in [0.25, 0.3) is 0 Å². The summed E-state index contributed by atoms with van der Waals surface area (Å²) in [5.41, 5.74) is 1.36. The van der Waals surface area contributed by atoms with Crippen LogP contribution in [0.3, 0.4) is 0 Å². The Labute approximate surface area is 165 Å². The van der Waals surface area contributed by atoms with Crippen LogP contribution in [0.5, 0.6) is 0 Å². The Bertz CT molecular complexity index is 623. The maximum absolute atomic E-state index is 12.3. The highest BCUT2D eigenvalue weighted by atomic mass is 16.4. The molecule has 2 aliphatic rings. The Morgan fingerprint density at radius 3 is 2.00 bits per heavy atom. The van der Waals surface area contributed by atoms with Crippen molar-refractivity contribution in [2.45, 2.75) is 45.1 Å². The summed E-state index contributed by atoms with van der Waals surface area (Å²) in [5.74, 6) is -2.44. The van der Waals surface area contributed by atoms with Crippen molar-refractivity contribution in [2.24, 2.45) is 5.92 Å². The molecule has 28 heavy (non-hydrogen) atoms. The Kier molecular flexibility index (Phi) is 8.94. The summed E-state index contributed by atoms with van der Waals surface area (Å²) in [4.78, 5) is 35.1. The highest BCUT2D eigenvalue weighted by Crippen LogP contribution is 2.28. The molecule has 1 aliphatic carbocycles. The number of piperazine rings is 1. The van der Waals surface area contributed by atoms with Gasteiger partial charge in [0.2, 0.25) is 5.91 Å². The zero-order valence-corrected chi connectivity index (χ0v) is 16.3. The lowest BCUT2D eigenvalue weighted by Crippen LogP contribution is -2.48. The molecule has 7 heteroatoms. The third-order valence-electron chi connectivity index (χ3n) is 5.40. The third kappa shape index (κ3) is 7.68. The Morgan fingerprint density at radius 1 is 0.893 bits per heavy atom. The van der Waals surface area contributed by atoms with E-state index in [1.165, 1.54) is 31.2 Å². The number of carbonyl (C=O) groups excluding carboxylic acids is 1. The predicted molar refractivity (Wildman–Crippen MR) is 105 cm³/mol. The van der Waals surface area contributed by atoms with E-state index in [-0.39, 0.29) is 0 Å². The molecule has 0 radical (unpaired) electrons. The summed E-state index contributed by atoms with van der Waals surface area (Å²) < 4.78 is 0. The lowest BCUT2D eigenvalue weighted by atomic mass is 10.0. The number of hydrogen-bond acceptors (Lipinski definition) is 4. The van der Waals surface area contributed by atoms with Crippen molar-refractivity contribution in [3.05, 3.63) is 35.9 Å². The molecule has 0 spiro atoms. The first-order valence-electron chi connectivity index (χ1n) is 9.96. The van der Waals surface area contributed by atoms with Crippen molar-refractivity contribution in [1.82, 2.24) is 9.80 Å². The van der Waals surface area contributed by atoms with Crippen molar-refractivity contribution in [3.63, 3.8) is 0 Å². The van der Waals surface area contributed by atoms with Crippen LogP contribution in [-0.2, 0) is 20.9 Å². The SMILES string of the molecule is O=C(CCC1CCCC1)N1CCN(Cc2ccccc2)CC1.O=C(O)C(=O)O. The molecule has 0 bridgehead atoms. The second-order valence-electron chi connectivity index (χ2n) is 7.44. The molecule has 2 fully saturated rings. The van der Waals surface area contributed by atoms with Gasteiger partial charge in [0, 0.05) is 39.1 Å². The normalized spacial score (nSPS) is 17.6. The number of carboxylic acid groups (broad SMARTS) is 2. The molecule has 1 aromatic carbocycles. The maximum Gasteiger partial charge on any atom is 0.414 e. The minimum atomic E-state index is -1.82. The second-order valence-corrected chi connectivity index (χ2v) is 7.44. The Hall–Kier alpha value is -2.41. The van der Waals surface area contributed by atoms with Gasteiger partial charge < -0.3 is 15.1 Å². The number of aliphatic carboxylic acids is 2. The van der Waals surface area contributed by atoms with Gasteiger partial charge >= 0.3 is 11.9 Å². The topological polar surface area (TPSA) is 98.2 Å². The molecule has 1 saturated carbocycles. The molecule has 0 unspecified atom stereocenters. The fourth-order valence-electron chi connectivity index (χ4n) is 3.78. The number of carboxylic acids is 2.